The van der Waals surface area contributed by atoms with E-state index >= 15 is 0 Å². The van der Waals surface area contributed by atoms with Crippen LogP contribution in [-0.4, -0.2) is 54.7 Å². The summed E-state index contributed by atoms with van der Waals surface area (Å²) in [6, 6.07) is 10.2. The first-order chi connectivity index (χ1) is 11.0. The largest absolute Gasteiger partial charge is 0.354 e. The molecule has 2 N–H and O–H groups in total. The van der Waals surface area contributed by atoms with Gasteiger partial charge in [-0.2, -0.15) is 0 Å². The van der Waals surface area contributed by atoms with E-state index in [1.165, 1.54) is 4.90 Å². The van der Waals surface area contributed by atoms with E-state index in [1.54, 1.807) is 11.8 Å². The van der Waals surface area contributed by atoms with E-state index < -0.39 is 0 Å². The van der Waals surface area contributed by atoms with E-state index in [0.717, 1.165) is 5.75 Å². The molecule has 0 aliphatic carbocycles. The number of benzene rings is 1. The van der Waals surface area contributed by atoms with E-state index in [9.17, 15) is 9.59 Å². The van der Waals surface area contributed by atoms with Crippen LogP contribution in [-0.2, 0) is 9.59 Å². The Kier molecular flexibility index (Phi) is 9.40. The van der Waals surface area contributed by atoms with Crippen molar-refractivity contribution in [3.8, 4) is 0 Å². The van der Waals surface area contributed by atoms with Gasteiger partial charge in [0.1, 0.15) is 0 Å². The molecule has 0 spiro atoms. The van der Waals surface area contributed by atoms with Gasteiger partial charge < -0.3 is 10.6 Å². The van der Waals surface area contributed by atoms with Gasteiger partial charge in [0.25, 0.3) is 0 Å². The topological polar surface area (TPSA) is 61.4 Å². The summed E-state index contributed by atoms with van der Waals surface area (Å²) >= 11 is 1.71. The Bertz CT molecular complexity index is 480. The molecule has 2 amide bonds. The average molecular weight is 337 g/mol. The lowest BCUT2D eigenvalue weighted by Gasteiger charge is -2.20. The molecular formula is C17H27N3O2S. The Morgan fingerprint density at radius 3 is 2.39 bits per heavy atom. The molecular weight excluding hydrogens is 310 g/mol. The predicted octanol–water partition coefficient (Wildman–Crippen LogP) is 1.74. The van der Waals surface area contributed by atoms with E-state index in [2.05, 4.69) is 22.8 Å². The maximum Gasteiger partial charge on any atom is 0.234 e. The first kappa shape index (κ1) is 19.5. The molecule has 0 aliphatic heterocycles. The molecule has 0 saturated carbocycles. The van der Waals surface area contributed by atoms with E-state index in [1.807, 2.05) is 43.9 Å². The zero-order valence-electron chi connectivity index (χ0n) is 14.2. The van der Waals surface area contributed by atoms with Crippen molar-refractivity contribution in [1.82, 2.24) is 15.5 Å². The van der Waals surface area contributed by atoms with Crippen molar-refractivity contribution in [2.45, 2.75) is 31.7 Å². The standard InChI is InChI=1S/C17H27N3O2S/c1-4-20(13-17(22)19-14(2)3)12-16(21)18-10-11-23-15-8-6-5-7-9-15/h5-9,14H,4,10-13H2,1-3H3,(H,18,21)(H,19,22). The van der Waals surface area contributed by atoms with Crippen LogP contribution in [0.2, 0.25) is 0 Å². The number of nitrogens with zero attached hydrogens (tertiary/aromatic N) is 1. The summed E-state index contributed by atoms with van der Waals surface area (Å²) < 4.78 is 0. The van der Waals surface area contributed by atoms with Gasteiger partial charge in [-0.25, -0.2) is 0 Å². The third kappa shape index (κ3) is 9.25. The number of rotatable bonds is 10. The molecule has 0 aromatic heterocycles. The summed E-state index contributed by atoms with van der Waals surface area (Å²) in [5, 5.41) is 5.73. The summed E-state index contributed by atoms with van der Waals surface area (Å²) in [5.41, 5.74) is 0. The second-order valence-electron chi connectivity index (χ2n) is 5.54. The maximum atomic E-state index is 11.9. The second kappa shape index (κ2) is 11.1. The van der Waals surface area contributed by atoms with Crippen LogP contribution in [0.4, 0.5) is 0 Å². The molecule has 128 valence electrons. The zero-order valence-corrected chi connectivity index (χ0v) is 15.0. The number of likely N-dealkylation sites (N-methyl/N-ethyl adjacent to an activating group) is 1. The highest BCUT2D eigenvalue weighted by molar-refractivity contribution is 7.99. The van der Waals surface area contributed by atoms with Gasteiger partial charge in [-0.3, -0.25) is 14.5 Å². The van der Waals surface area contributed by atoms with Gasteiger partial charge in [-0.1, -0.05) is 25.1 Å². The van der Waals surface area contributed by atoms with Crippen LogP contribution < -0.4 is 10.6 Å². The summed E-state index contributed by atoms with van der Waals surface area (Å²) in [7, 11) is 0. The Morgan fingerprint density at radius 1 is 1.13 bits per heavy atom. The number of nitrogens with one attached hydrogen (secondary N) is 2. The van der Waals surface area contributed by atoms with Crippen LogP contribution in [0.15, 0.2) is 35.2 Å². The first-order valence-corrected chi connectivity index (χ1v) is 8.96. The SMILES string of the molecule is CCN(CC(=O)NCCSc1ccccc1)CC(=O)NC(C)C. The molecule has 0 unspecified atom stereocenters. The first-order valence-electron chi connectivity index (χ1n) is 7.97. The van der Waals surface area contributed by atoms with Crippen molar-refractivity contribution in [1.29, 1.82) is 0 Å². The minimum absolute atomic E-state index is 0.0436. The Morgan fingerprint density at radius 2 is 1.78 bits per heavy atom. The Balaban J connectivity index is 2.21. The minimum atomic E-state index is -0.0470. The lowest BCUT2D eigenvalue weighted by molar-refractivity contribution is -0.125. The van der Waals surface area contributed by atoms with Crippen molar-refractivity contribution in [3.63, 3.8) is 0 Å². The molecule has 23 heavy (non-hydrogen) atoms. The lowest BCUT2D eigenvalue weighted by atomic mass is 10.3. The van der Waals surface area contributed by atoms with Crippen LogP contribution >= 0.6 is 11.8 Å². The normalized spacial score (nSPS) is 10.8. The number of carbonyl (C=O) groups is 2. The fourth-order valence-corrected chi connectivity index (χ4v) is 2.77. The number of carbonyl (C=O) groups excluding carboxylic acids is 2. The van der Waals surface area contributed by atoms with Crippen molar-refractivity contribution in [2.75, 3.05) is 31.9 Å². The molecule has 5 nitrogen and oxygen atoms in total. The van der Waals surface area contributed by atoms with Gasteiger partial charge in [0, 0.05) is 23.2 Å². The third-order valence-corrected chi connectivity index (χ3v) is 4.08. The maximum absolute atomic E-state index is 11.9. The minimum Gasteiger partial charge on any atom is -0.354 e. The van der Waals surface area contributed by atoms with Crippen LogP contribution in [0.25, 0.3) is 0 Å². The van der Waals surface area contributed by atoms with Gasteiger partial charge in [-0.15, -0.1) is 11.8 Å². The molecule has 0 fully saturated rings. The number of amides is 2. The predicted molar refractivity (Wildman–Crippen MR) is 95.6 cm³/mol. The number of hydrogen-bond donors (Lipinski definition) is 2. The van der Waals surface area contributed by atoms with Crippen molar-refractivity contribution in [3.05, 3.63) is 30.3 Å². The fourth-order valence-electron chi connectivity index (χ4n) is 1.99. The Labute approximate surface area is 143 Å². The highest BCUT2D eigenvalue weighted by Crippen LogP contribution is 2.15. The molecule has 1 aromatic rings. The van der Waals surface area contributed by atoms with Gasteiger partial charge >= 0.3 is 0 Å². The molecule has 1 rings (SSSR count). The van der Waals surface area contributed by atoms with Gasteiger partial charge in [0.15, 0.2) is 0 Å². The quantitative estimate of drug-likeness (QED) is 0.504. The summed E-state index contributed by atoms with van der Waals surface area (Å²) in [6.07, 6.45) is 0. The highest BCUT2D eigenvalue weighted by atomic mass is 32.2. The second-order valence-corrected chi connectivity index (χ2v) is 6.71. The number of thioether (sulfide) groups is 1. The molecule has 0 aliphatic rings. The van der Waals surface area contributed by atoms with Gasteiger partial charge in [0.2, 0.25) is 11.8 Å². The fraction of sp³-hybridized carbons (Fsp3) is 0.529. The summed E-state index contributed by atoms with van der Waals surface area (Å²) in [5.74, 6) is 0.738. The smallest absolute Gasteiger partial charge is 0.234 e. The highest BCUT2D eigenvalue weighted by Gasteiger charge is 2.13. The summed E-state index contributed by atoms with van der Waals surface area (Å²) in [6.45, 7) is 7.57. The third-order valence-electron chi connectivity index (χ3n) is 3.07. The lowest BCUT2D eigenvalue weighted by Crippen LogP contribution is -2.44. The van der Waals surface area contributed by atoms with Crippen molar-refractivity contribution in [2.24, 2.45) is 0 Å². The molecule has 0 atom stereocenters. The van der Waals surface area contributed by atoms with Crippen LogP contribution in [0, 0.1) is 0 Å². The summed E-state index contributed by atoms with van der Waals surface area (Å²) in [4.78, 5) is 26.7. The molecule has 6 heteroatoms. The average Bonchev–Trinajstić information content (AvgIpc) is 2.51. The van der Waals surface area contributed by atoms with Crippen LogP contribution in [0.3, 0.4) is 0 Å². The monoisotopic (exact) mass is 337 g/mol. The molecule has 0 radical (unpaired) electrons. The van der Waals surface area contributed by atoms with Gasteiger partial charge in [0.05, 0.1) is 13.1 Å². The van der Waals surface area contributed by atoms with E-state index in [-0.39, 0.29) is 30.9 Å². The van der Waals surface area contributed by atoms with Crippen molar-refractivity contribution < 1.29 is 9.59 Å². The van der Waals surface area contributed by atoms with E-state index in [4.69, 9.17) is 0 Å². The van der Waals surface area contributed by atoms with Crippen molar-refractivity contribution >= 4 is 23.6 Å². The molecule has 0 saturated heterocycles. The van der Waals surface area contributed by atoms with Crippen LogP contribution in [0.5, 0.6) is 0 Å². The van der Waals surface area contributed by atoms with Gasteiger partial charge in [-0.05, 0) is 32.5 Å². The van der Waals surface area contributed by atoms with Crippen LogP contribution in [0.1, 0.15) is 20.8 Å². The Hall–Kier alpha value is -1.53. The number of hydrogen-bond acceptors (Lipinski definition) is 4. The zero-order chi connectivity index (χ0) is 17.1. The molecule has 0 heterocycles. The molecule has 0 bridgehead atoms. The molecule has 1 aromatic carbocycles. The van der Waals surface area contributed by atoms with E-state index in [0.29, 0.717) is 13.1 Å².